The average Bonchev–Trinajstić information content (AvgIpc) is 2.83. The second kappa shape index (κ2) is 6.88. The summed E-state index contributed by atoms with van der Waals surface area (Å²) < 4.78 is 1.02. The van der Waals surface area contributed by atoms with Crippen LogP contribution in [0.3, 0.4) is 0 Å². The van der Waals surface area contributed by atoms with E-state index >= 15 is 0 Å². The summed E-state index contributed by atoms with van der Waals surface area (Å²) in [6, 6.07) is 8.84. The van der Waals surface area contributed by atoms with Crippen LogP contribution in [-0.2, 0) is 6.54 Å². The van der Waals surface area contributed by atoms with Crippen LogP contribution in [0.25, 0.3) is 0 Å². The van der Waals surface area contributed by atoms with Crippen LogP contribution in [-0.4, -0.2) is 11.1 Å². The average molecular weight is 355 g/mol. The SMILES string of the molecule is CC(O)c1ccc(NC(=O)NCc2cc(Br)cs2)cc1. The number of urea groups is 1. The van der Waals surface area contributed by atoms with Crippen LogP contribution >= 0.6 is 27.3 Å². The molecule has 1 aromatic heterocycles. The second-order valence-corrected chi connectivity index (χ2v) is 6.25. The Morgan fingerprint density at radius 3 is 2.65 bits per heavy atom. The highest BCUT2D eigenvalue weighted by atomic mass is 79.9. The quantitative estimate of drug-likeness (QED) is 0.779. The van der Waals surface area contributed by atoms with E-state index in [0.717, 1.165) is 14.9 Å². The number of carbonyl (C=O) groups is 1. The molecule has 0 radical (unpaired) electrons. The Balaban J connectivity index is 1.84. The summed E-state index contributed by atoms with van der Waals surface area (Å²) in [6.45, 7) is 2.20. The highest BCUT2D eigenvalue weighted by Crippen LogP contribution is 2.19. The molecule has 2 rings (SSSR count). The van der Waals surface area contributed by atoms with Crippen LogP contribution in [0.5, 0.6) is 0 Å². The summed E-state index contributed by atoms with van der Waals surface area (Å²) in [4.78, 5) is 12.8. The van der Waals surface area contributed by atoms with Crippen molar-refractivity contribution in [3.63, 3.8) is 0 Å². The van der Waals surface area contributed by atoms with E-state index in [1.54, 1.807) is 42.5 Å². The molecule has 1 heterocycles. The summed E-state index contributed by atoms with van der Waals surface area (Å²) in [5.74, 6) is 0. The van der Waals surface area contributed by atoms with Crippen molar-refractivity contribution >= 4 is 39.0 Å². The van der Waals surface area contributed by atoms with Gasteiger partial charge in [-0.2, -0.15) is 0 Å². The third-order valence-electron chi connectivity index (χ3n) is 2.70. The zero-order chi connectivity index (χ0) is 14.5. The van der Waals surface area contributed by atoms with Crippen LogP contribution in [0.15, 0.2) is 40.2 Å². The van der Waals surface area contributed by atoms with Crippen molar-refractivity contribution in [2.75, 3.05) is 5.32 Å². The first-order chi connectivity index (χ1) is 9.54. The Bertz CT molecular complexity index is 581. The largest absolute Gasteiger partial charge is 0.389 e. The molecule has 0 fully saturated rings. The molecule has 3 N–H and O–H groups in total. The normalized spacial score (nSPS) is 11.9. The molecule has 6 heteroatoms. The van der Waals surface area contributed by atoms with Gasteiger partial charge in [-0.1, -0.05) is 12.1 Å². The first kappa shape index (κ1) is 15.0. The lowest BCUT2D eigenvalue weighted by molar-refractivity contribution is 0.199. The maximum atomic E-state index is 11.7. The molecule has 0 aliphatic rings. The Hall–Kier alpha value is -1.37. The summed E-state index contributed by atoms with van der Waals surface area (Å²) in [5.41, 5.74) is 1.51. The molecular formula is C14H15BrN2O2S. The van der Waals surface area contributed by atoms with Crippen molar-refractivity contribution in [1.29, 1.82) is 0 Å². The van der Waals surface area contributed by atoms with Gasteiger partial charge < -0.3 is 15.7 Å². The van der Waals surface area contributed by atoms with E-state index in [9.17, 15) is 9.90 Å². The number of anilines is 1. The zero-order valence-electron chi connectivity index (χ0n) is 10.9. The lowest BCUT2D eigenvalue weighted by atomic mass is 10.1. The van der Waals surface area contributed by atoms with Gasteiger partial charge in [-0.25, -0.2) is 4.79 Å². The second-order valence-electron chi connectivity index (χ2n) is 4.34. The topological polar surface area (TPSA) is 61.4 Å². The van der Waals surface area contributed by atoms with Crippen LogP contribution in [0.1, 0.15) is 23.5 Å². The van der Waals surface area contributed by atoms with Gasteiger partial charge in [0.05, 0.1) is 12.6 Å². The van der Waals surface area contributed by atoms with Gasteiger partial charge in [-0.05, 0) is 46.6 Å². The smallest absolute Gasteiger partial charge is 0.319 e. The summed E-state index contributed by atoms with van der Waals surface area (Å²) in [5, 5.41) is 16.9. The summed E-state index contributed by atoms with van der Waals surface area (Å²) >= 11 is 4.96. The number of thiophene rings is 1. The Kier molecular flexibility index (Phi) is 5.17. The first-order valence-corrected chi connectivity index (χ1v) is 7.77. The number of halogens is 1. The molecule has 0 aliphatic heterocycles. The number of amides is 2. The van der Waals surface area contributed by atoms with Crippen molar-refractivity contribution in [1.82, 2.24) is 5.32 Å². The zero-order valence-corrected chi connectivity index (χ0v) is 13.3. The lowest BCUT2D eigenvalue weighted by Crippen LogP contribution is -2.27. The van der Waals surface area contributed by atoms with Gasteiger partial charge in [-0.3, -0.25) is 0 Å². The fourth-order valence-corrected chi connectivity index (χ4v) is 3.02. The molecule has 4 nitrogen and oxygen atoms in total. The molecule has 0 bridgehead atoms. The van der Waals surface area contributed by atoms with Crippen LogP contribution < -0.4 is 10.6 Å². The Labute approximate surface area is 130 Å². The van der Waals surface area contributed by atoms with Crippen molar-refractivity contribution in [3.8, 4) is 0 Å². The van der Waals surface area contributed by atoms with Gasteiger partial charge in [0.1, 0.15) is 0 Å². The van der Waals surface area contributed by atoms with Crippen molar-refractivity contribution in [2.45, 2.75) is 19.6 Å². The van der Waals surface area contributed by atoms with E-state index in [1.165, 1.54) is 0 Å². The molecule has 0 spiro atoms. The predicted molar refractivity (Wildman–Crippen MR) is 85.0 cm³/mol. The van der Waals surface area contributed by atoms with Crippen molar-refractivity contribution in [3.05, 3.63) is 50.6 Å². The maximum Gasteiger partial charge on any atom is 0.319 e. The number of carbonyl (C=O) groups excluding carboxylic acids is 1. The van der Waals surface area contributed by atoms with E-state index < -0.39 is 6.10 Å². The first-order valence-electron chi connectivity index (χ1n) is 6.10. The molecule has 2 amide bonds. The maximum absolute atomic E-state index is 11.7. The highest BCUT2D eigenvalue weighted by Gasteiger charge is 2.04. The molecule has 0 saturated carbocycles. The minimum absolute atomic E-state index is 0.251. The monoisotopic (exact) mass is 354 g/mol. The van der Waals surface area contributed by atoms with Gasteiger partial charge in [0.25, 0.3) is 0 Å². The molecule has 1 atom stereocenters. The highest BCUT2D eigenvalue weighted by molar-refractivity contribution is 9.10. The number of aliphatic hydroxyl groups is 1. The minimum Gasteiger partial charge on any atom is -0.389 e. The van der Waals surface area contributed by atoms with Crippen molar-refractivity contribution < 1.29 is 9.90 Å². The Morgan fingerprint density at radius 2 is 2.10 bits per heavy atom. The number of nitrogens with one attached hydrogen (secondary N) is 2. The van der Waals surface area contributed by atoms with E-state index in [-0.39, 0.29) is 6.03 Å². The van der Waals surface area contributed by atoms with Crippen LogP contribution in [0.4, 0.5) is 10.5 Å². The van der Waals surface area contributed by atoms with E-state index in [2.05, 4.69) is 26.6 Å². The third kappa shape index (κ3) is 4.33. The molecule has 20 heavy (non-hydrogen) atoms. The number of hydrogen-bond acceptors (Lipinski definition) is 3. The van der Waals surface area contributed by atoms with E-state index in [4.69, 9.17) is 0 Å². The predicted octanol–water partition coefficient (Wildman–Crippen LogP) is 3.89. The van der Waals surface area contributed by atoms with Crippen molar-refractivity contribution in [2.24, 2.45) is 0 Å². The van der Waals surface area contributed by atoms with E-state index in [1.807, 2.05) is 11.4 Å². The molecule has 0 saturated heterocycles. The fourth-order valence-electron chi connectivity index (χ4n) is 1.63. The number of benzene rings is 1. The molecule has 1 unspecified atom stereocenters. The molecule has 1 aromatic carbocycles. The number of rotatable bonds is 4. The van der Waals surface area contributed by atoms with E-state index in [0.29, 0.717) is 12.2 Å². The van der Waals surface area contributed by atoms with Crippen LogP contribution in [0, 0.1) is 0 Å². The van der Waals surface area contributed by atoms with Gasteiger partial charge in [-0.15, -0.1) is 11.3 Å². The fraction of sp³-hybridized carbons (Fsp3) is 0.214. The van der Waals surface area contributed by atoms with Gasteiger partial charge >= 0.3 is 6.03 Å². The summed E-state index contributed by atoms with van der Waals surface area (Å²) in [7, 11) is 0. The lowest BCUT2D eigenvalue weighted by Gasteiger charge is -2.08. The third-order valence-corrected chi connectivity index (χ3v) is 4.39. The van der Waals surface area contributed by atoms with Gasteiger partial charge in [0.15, 0.2) is 0 Å². The Morgan fingerprint density at radius 1 is 1.40 bits per heavy atom. The summed E-state index contributed by atoms with van der Waals surface area (Å²) in [6.07, 6.45) is -0.504. The molecule has 0 aliphatic carbocycles. The number of hydrogen-bond donors (Lipinski definition) is 3. The number of aliphatic hydroxyl groups excluding tert-OH is 1. The van der Waals surface area contributed by atoms with Gasteiger partial charge in [0.2, 0.25) is 0 Å². The van der Waals surface area contributed by atoms with Gasteiger partial charge in [0, 0.05) is 20.4 Å². The molecular weight excluding hydrogens is 340 g/mol. The minimum atomic E-state index is -0.504. The molecule has 106 valence electrons. The standard InChI is InChI=1S/C14H15BrN2O2S/c1-9(18)10-2-4-12(5-3-10)17-14(19)16-7-13-6-11(15)8-20-13/h2-6,8-9,18H,7H2,1H3,(H2,16,17,19). The van der Waals surface area contributed by atoms with Crippen LogP contribution in [0.2, 0.25) is 0 Å². The molecule has 2 aromatic rings.